The van der Waals surface area contributed by atoms with E-state index in [1.54, 1.807) is 7.11 Å². The van der Waals surface area contributed by atoms with E-state index in [9.17, 15) is 0 Å². The van der Waals surface area contributed by atoms with Gasteiger partial charge in [-0.25, -0.2) is 0 Å². The van der Waals surface area contributed by atoms with Gasteiger partial charge in [-0.05, 0) is 24.1 Å². The lowest BCUT2D eigenvalue weighted by Gasteiger charge is -2.12. The summed E-state index contributed by atoms with van der Waals surface area (Å²) in [5, 5.41) is 0. The minimum absolute atomic E-state index is 0.0655. The SMILES string of the molecule is COCC(N)c1ccc(N)c(C)c1. The average Bonchev–Trinajstić information content (AvgIpc) is 2.10. The van der Waals surface area contributed by atoms with Crippen LogP contribution < -0.4 is 11.5 Å². The Morgan fingerprint density at radius 1 is 1.46 bits per heavy atom. The summed E-state index contributed by atoms with van der Waals surface area (Å²) in [6.07, 6.45) is 0. The molecule has 0 radical (unpaired) electrons. The van der Waals surface area contributed by atoms with Gasteiger partial charge in [0.15, 0.2) is 0 Å². The Labute approximate surface area is 78.7 Å². The van der Waals surface area contributed by atoms with Crippen LogP contribution >= 0.6 is 0 Å². The molecule has 0 aliphatic rings. The third-order valence-electron chi connectivity index (χ3n) is 2.07. The molecular formula is C10H16N2O. The van der Waals surface area contributed by atoms with Crippen molar-refractivity contribution in [3.63, 3.8) is 0 Å². The van der Waals surface area contributed by atoms with Crippen molar-refractivity contribution in [1.82, 2.24) is 0 Å². The lowest BCUT2D eigenvalue weighted by Crippen LogP contribution is -2.16. The van der Waals surface area contributed by atoms with Gasteiger partial charge in [0.05, 0.1) is 12.6 Å². The van der Waals surface area contributed by atoms with Crippen LogP contribution in [0.25, 0.3) is 0 Å². The number of ether oxygens (including phenoxy) is 1. The summed E-state index contributed by atoms with van der Waals surface area (Å²) in [5.74, 6) is 0. The molecule has 0 aliphatic carbocycles. The number of hydrogen-bond acceptors (Lipinski definition) is 3. The molecular weight excluding hydrogens is 164 g/mol. The lowest BCUT2D eigenvalue weighted by molar-refractivity contribution is 0.181. The molecule has 0 fully saturated rings. The van der Waals surface area contributed by atoms with Crippen LogP contribution in [-0.2, 0) is 4.74 Å². The van der Waals surface area contributed by atoms with E-state index in [0.717, 1.165) is 16.8 Å². The van der Waals surface area contributed by atoms with Crippen LogP contribution in [0.2, 0.25) is 0 Å². The molecule has 72 valence electrons. The Kier molecular flexibility index (Phi) is 3.28. The van der Waals surface area contributed by atoms with Gasteiger partial charge in [0.1, 0.15) is 0 Å². The van der Waals surface area contributed by atoms with E-state index in [1.165, 1.54) is 0 Å². The smallest absolute Gasteiger partial charge is 0.0655 e. The predicted octanol–water partition coefficient (Wildman–Crippen LogP) is 1.22. The molecule has 0 spiro atoms. The summed E-state index contributed by atoms with van der Waals surface area (Å²) in [6.45, 7) is 2.50. The maximum atomic E-state index is 5.86. The third kappa shape index (κ3) is 2.44. The van der Waals surface area contributed by atoms with E-state index < -0.39 is 0 Å². The predicted molar refractivity (Wildman–Crippen MR) is 54.4 cm³/mol. The topological polar surface area (TPSA) is 61.3 Å². The second kappa shape index (κ2) is 4.25. The molecule has 0 saturated heterocycles. The summed E-state index contributed by atoms with van der Waals surface area (Å²) in [6, 6.07) is 5.75. The number of anilines is 1. The van der Waals surface area contributed by atoms with Crippen molar-refractivity contribution in [2.24, 2.45) is 5.73 Å². The maximum absolute atomic E-state index is 5.86. The Morgan fingerprint density at radius 2 is 2.15 bits per heavy atom. The molecule has 0 saturated carbocycles. The Hall–Kier alpha value is -1.06. The fraction of sp³-hybridized carbons (Fsp3) is 0.400. The number of nitrogen functional groups attached to an aromatic ring is 1. The van der Waals surface area contributed by atoms with Crippen molar-refractivity contribution >= 4 is 5.69 Å². The summed E-state index contributed by atoms with van der Waals surface area (Å²) >= 11 is 0. The molecule has 1 unspecified atom stereocenters. The molecule has 0 aromatic heterocycles. The first kappa shape index (κ1) is 10.0. The fourth-order valence-corrected chi connectivity index (χ4v) is 1.21. The van der Waals surface area contributed by atoms with E-state index in [4.69, 9.17) is 16.2 Å². The summed E-state index contributed by atoms with van der Waals surface area (Å²) in [4.78, 5) is 0. The van der Waals surface area contributed by atoms with E-state index in [0.29, 0.717) is 6.61 Å². The molecule has 1 rings (SSSR count). The monoisotopic (exact) mass is 180 g/mol. The first-order chi connectivity index (χ1) is 6.15. The largest absolute Gasteiger partial charge is 0.399 e. The third-order valence-corrected chi connectivity index (χ3v) is 2.07. The van der Waals surface area contributed by atoms with Gasteiger partial charge < -0.3 is 16.2 Å². The van der Waals surface area contributed by atoms with Crippen molar-refractivity contribution in [1.29, 1.82) is 0 Å². The molecule has 13 heavy (non-hydrogen) atoms. The van der Waals surface area contributed by atoms with Crippen molar-refractivity contribution in [3.05, 3.63) is 29.3 Å². The first-order valence-electron chi connectivity index (χ1n) is 4.25. The van der Waals surface area contributed by atoms with Gasteiger partial charge in [0.25, 0.3) is 0 Å². The van der Waals surface area contributed by atoms with Gasteiger partial charge in [0.2, 0.25) is 0 Å². The molecule has 1 atom stereocenters. The standard InChI is InChI=1S/C10H16N2O/c1-7-5-8(3-4-9(7)11)10(12)6-13-2/h3-5,10H,6,11-12H2,1-2H3. The molecule has 0 aliphatic heterocycles. The minimum atomic E-state index is -0.0655. The maximum Gasteiger partial charge on any atom is 0.0655 e. The molecule has 1 aromatic carbocycles. The molecule has 0 bridgehead atoms. The van der Waals surface area contributed by atoms with Crippen LogP contribution in [0, 0.1) is 6.92 Å². The second-order valence-electron chi connectivity index (χ2n) is 3.18. The van der Waals surface area contributed by atoms with E-state index in [2.05, 4.69) is 0 Å². The zero-order valence-electron chi connectivity index (χ0n) is 8.08. The van der Waals surface area contributed by atoms with Gasteiger partial charge in [-0.15, -0.1) is 0 Å². The normalized spacial score (nSPS) is 12.8. The van der Waals surface area contributed by atoms with E-state index >= 15 is 0 Å². The number of hydrogen-bond donors (Lipinski definition) is 2. The van der Waals surface area contributed by atoms with Crippen LogP contribution in [0.5, 0.6) is 0 Å². The van der Waals surface area contributed by atoms with Crippen LogP contribution in [0.4, 0.5) is 5.69 Å². The number of methoxy groups -OCH3 is 1. The van der Waals surface area contributed by atoms with Crippen molar-refractivity contribution < 1.29 is 4.74 Å². The van der Waals surface area contributed by atoms with Gasteiger partial charge in [-0.1, -0.05) is 12.1 Å². The van der Waals surface area contributed by atoms with Gasteiger partial charge in [-0.2, -0.15) is 0 Å². The van der Waals surface area contributed by atoms with Gasteiger partial charge in [0, 0.05) is 12.8 Å². The second-order valence-corrected chi connectivity index (χ2v) is 3.18. The molecule has 3 heteroatoms. The van der Waals surface area contributed by atoms with Crippen LogP contribution in [0.3, 0.4) is 0 Å². The molecule has 4 N–H and O–H groups in total. The number of benzene rings is 1. The van der Waals surface area contributed by atoms with E-state index in [1.807, 2.05) is 25.1 Å². The fourth-order valence-electron chi connectivity index (χ4n) is 1.21. The summed E-state index contributed by atoms with van der Waals surface area (Å²) in [7, 11) is 1.64. The number of nitrogens with two attached hydrogens (primary N) is 2. The number of rotatable bonds is 3. The lowest BCUT2D eigenvalue weighted by atomic mass is 10.0. The van der Waals surface area contributed by atoms with Crippen LogP contribution in [0.1, 0.15) is 17.2 Å². The van der Waals surface area contributed by atoms with Gasteiger partial charge >= 0.3 is 0 Å². The number of aryl methyl sites for hydroxylation is 1. The molecule has 3 nitrogen and oxygen atoms in total. The van der Waals surface area contributed by atoms with E-state index in [-0.39, 0.29) is 6.04 Å². The Bertz CT molecular complexity index is 286. The van der Waals surface area contributed by atoms with Crippen LogP contribution in [-0.4, -0.2) is 13.7 Å². The van der Waals surface area contributed by atoms with Crippen molar-refractivity contribution in [2.75, 3.05) is 19.5 Å². The van der Waals surface area contributed by atoms with Gasteiger partial charge in [-0.3, -0.25) is 0 Å². The average molecular weight is 180 g/mol. The minimum Gasteiger partial charge on any atom is -0.399 e. The molecule has 0 amide bonds. The highest BCUT2D eigenvalue weighted by molar-refractivity contribution is 5.48. The Morgan fingerprint density at radius 3 is 2.69 bits per heavy atom. The quantitative estimate of drug-likeness (QED) is 0.687. The van der Waals surface area contributed by atoms with Crippen molar-refractivity contribution in [2.45, 2.75) is 13.0 Å². The zero-order chi connectivity index (χ0) is 9.84. The highest BCUT2D eigenvalue weighted by atomic mass is 16.5. The highest BCUT2D eigenvalue weighted by Gasteiger charge is 2.05. The highest BCUT2D eigenvalue weighted by Crippen LogP contribution is 2.17. The zero-order valence-corrected chi connectivity index (χ0v) is 8.08. The van der Waals surface area contributed by atoms with Crippen molar-refractivity contribution in [3.8, 4) is 0 Å². The Balaban J connectivity index is 2.84. The summed E-state index contributed by atoms with van der Waals surface area (Å²) in [5.41, 5.74) is 14.5. The molecule has 1 aromatic rings. The van der Waals surface area contributed by atoms with Crippen LogP contribution in [0.15, 0.2) is 18.2 Å². The summed E-state index contributed by atoms with van der Waals surface area (Å²) < 4.78 is 4.97. The first-order valence-corrected chi connectivity index (χ1v) is 4.25. The molecule has 0 heterocycles.